The summed E-state index contributed by atoms with van der Waals surface area (Å²) >= 11 is 0. The molecule has 3 nitrogen and oxygen atoms in total. The molecule has 0 aliphatic carbocycles. The van der Waals surface area contributed by atoms with Gasteiger partial charge < -0.3 is 15.5 Å². The molecular weight excluding hydrogens is 192 g/mol. The van der Waals surface area contributed by atoms with Crippen LogP contribution in [0.4, 0.5) is 8.78 Å². The minimum Gasteiger partial charge on any atom is -0.505 e. The molecule has 5 heteroatoms. The van der Waals surface area contributed by atoms with Gasteiger partial charge in [-0.25, -0.2) is 4.39 Å². The monoisotopic (exact) mass is 203 g/mol. The molecule has 0 saturated heterocycles. The summed E-state index contributed by atoms with van der Waals surface area (Å²) in [4.78, 5) is 0. The predicted octanol–water partition coefficient (Wildman–Crippen LogP) is 0.923. The van der Waals surface area contributed by atoms with E-state index in [1.807, 2.05) is 0 Å². The second-order valence-electron chi connectivity index (χ2n) is 2.86. The van der Waals surface area contributed by atoms with Crippen molar-refractivity contribution in [2.45, 2.75) is 6.04 Å². The van der Waals surface area contributed by atoms with Gasteiger partial charge in [-0.3, -0.25) is 0 Å². The van der Waals surface area contributed by atoms with Gasteiger partial charge in [0.05, 0.1) is 12.6 Å². The zero-order valence-electron chi connectivity index (χ0n) is 7.59. The van der Waals surface area contributed by atoms with Crippen molar-refractivity contribution < 1.29 is 19.0 Å². The summed E-state index contributed by atoms with van der Waals surface area (Å²) in [5.41, 5.74) is 0.298. The molecule has 1 atom stereocenters. The lowest BCUT2D eigenvalue weighted by Crippen LogP contribution is -2.20. The van der Waals surface area contributed by atoms with E-state index >= 15 is 0 Å². The molecule has 0 aliphatic rings. The molecule has 0 amide bonds. The van der Waals surface area contributed by atoms with Crippen molar-refractivity contribution in [3.63, 3.8) is 0 Å². The number of likely N-dealkylation sites (N-methyl/N-ethyl adjacent to an activating group) is 1. The zero-order chi connectivity index (χ0) is 10.7. The van der Waals surface area contributed by atoms with E-state index in [0.717, 1.165) is 12.1 Å². The SMILES string of the molecule is CN[C@H](CO)c1cc(O)c(F)c(F)c1. The van der Waals surface area contributed by atoms with E-state index in [0.29, 0.717) is 5.56 Å². The molecule has 0 bridgehead atoms. The molecule has 1 rings (SSSR count). The number of aliphatic hydroxyl groups is 1. The average Bonchev–Trinajstić information content (AvgIpc) is 2.16. The number of hydrogen-bond donors (Lipinski definition) is 3. The number of nitrogens with one attached hydrogen (secondary N) is 1. The largest absolute Gasteiger partial charge is 0.505 e. The Bertz CT molecular complexity index is 304. The van der Waals surface area contributed by atoms with Gasteiger partial charge in [-0.2, -0.15) is 4.39 Å². The van der Waals surface area contributed by atoms with Crippen LogP contribution >= 0.6 is 0 Å². The van der Waals surface area contributed by atoms with Gasteiger partial charge in [0.1, 0.15) is 0 Å². The molecular formula is C9H11F2NO2. The lowest BCUT2D eigenvalue weighted by Gasteiger charge is -2.13. The number of aromatic hydroxyl groups is 1. The number of halogens is 2. The van der Waals surface area contributed by atoms with Gasteiger partial charge in [0, 0.05) is 0 Å². The van der Waals surface area contributed by atoms with Crippen molar-refractivity contribution in [2.75, 3.05) is 13.7 Å². The van der Waals surface area contributed by atoms with Gasteiger partial charge in [-0.15, -0.1) is 0 Å². The highest BCUT2D eigenvalue weighted by atomic mass is 19.2. The predicted molar refractivity (Wildman–Crippen MR) is 46.9 cm³/mol. The Balaban J connectivity index is 3.11. The highest BCUT2D eigenvalue weighted by molar-refractivity contribution is 5.32. The molecule has 0 saturated carbocycles. The van der Waals surface area contributed by atoms with E-state index in [1.165, 1.54) is 0 Å². The molecule has 0 radical (unpaired) electrons. The van der Waals surface area contributed by atoms with Gasteiger partial charge >= 0.3 is 0 Å². The van der Waals surface area contributed by atoms with E-state index in [4.69, 9.17) is 10.2 Å². The van der Waals surface area contributed by atoms with Crippen LogP contribution < -0.4 is 5.32 Å². The Kier molecular flexibility index (Phi) is 3.38. The van der Waals surface area contributed by atoms with Crippen LogP contribution in [0.5, 0.6) is 5.75 Å². The van der Waals surface area contributed by atoms with Crippen LogP contribution in [0, 0.1) is 11.6 Å². The fraction of sp³-hybridized carbons (Fsp3) is 0.333. The maximum Gasteiger partial charge on any atom is 0.200 e. The van der Waals surface area contributed by atoms with Crippen LogP contribution in [0.25, 0.3) is 0 Å². The van der Waals surface area contributed by atoms with E-state index in [9.17, 15) is 8.78 Å². The second kappa shape index (κ2) is 4.34. The minimum absolute atomic E-state index is 0.263. The quantitative estimate of drug-likeness (QED) is 0.684. The molecule has 3 N–H and O–H groups in total. The summed E-state index contributed by atoms with van der Waals surface area (Å²) in [6, 6.07) is 1.50. The fourth-order valence-electron chi connectivity index (χ4n) is 1.16. The first-order chi connectivity index (χ1) is 6.60. The normalized spacial score (nSPS) is 12.9. The summed E-state index contributed by atoms with van der Waals surface area (Å²) < 4.78 is 25.5. The second-order valence-corrected chi connectivity index (χ2v) is 2.86. The number of phenolic OH excluding ortho intramolecular Hbond substituents is 1. The minimum atomic E-state index is -1.28. The summed E-state index contributed by atoms with van der Waals surface area (Å²) in [7, 11) is 1.57. The van der Waals surface area contributed by atoms with E-state index in [1.54, 1.807) is 7.05 Å². The summed E-state index contributed by atoms with van der Waals surface area (Å²) in [5, 5.41) is 20.6. The van der Waals surface area contributed by atoms with Crippen LogP contribution in [0.15, 0.2) is 12.1 Å². The first-order valence-corrected chi connectivity index (χ1v) is 4.06. The van der Waals surface area contributed by atoms with E-state index in [2.05, 4.69) is 5.32 Å². The van der Waals surface area contributed by atoms with Crippen LogP contribution in [-0.4, -0.2) is 23.9 Å². The van der Waals surface area contributed by atoms with Gasteiger partial charge in [0.2, 0.25) is 0 Å². The third-order valence-corrected chi connectivity index (χ3v) is 1.96. The van der Waals surface area contributed by atoms with Crippen molar-refractivity contribution in [1.29, 1.82) is 0 Å². The number of phenols is 1. The molecule has 0 spiro atoms. The Morgan fingerprint density at radius 2 is 2.07 bits per heavy atom. The zero-order valence-corrected chi connectivity index (χ0v) is 7.59. The van der Waals surface area contributed by atoms with E-state index in [-0.39, 0.29) is 6.61 Å². The number of rotatable bonds is 3. The Morgan fingerprint density at radius 3 is 2.50 bits per heavy atom. The van der Waals surface area contributed by atoms with Crippen molar-refractivity contribution >= 4 is 0 Å². The van der Waals surface area contributed by atoms with Crippen LogP contribution in [-0.2, 0) is 0 Å². The van der Waals surface area contributed by atoms with Crippen LogP contribution in [0.1, 0.15) is 11.6 Å². The van der Waals surface area contributed by atoms with Crippen molar-refractivity contribution in [3.05, 3.63) is 29.3 Å². The third kappa shape index (κ3) is 2.00. The first-order valence-electron chi connectivity index (χ1n) is 4.06. The summed E-state index contributed by atoms with van der Waals surface area (Å²) in [6.07, 6.45) is 0. The molecule has 0 fully saturated rings. The van der Waals surface area contributed by atoms with Crippen molar-refractivity contribution in [3.8, 4) is 5.75 Å². The number of benzene rings is 1. The molecule has 1 aromatic rings. The smallest absolute Gasteiger partial charge is 0.200 e. The molecule has 0 aromatic heterocycles. The van der Waals surface area contributed by atoms with Crippen LogP contribution in [0.3, 0.4) is 0 Å². The van der Waals surface area contributed by atoms with Gasteiger partial charge in [0.15, 0.2) is 17.4 Å². The fourth-order valence-corrected chi connectivity index (χ4v) is 1.16. The van der Waals surface area contributed by atoms with E-state index < -0.39 is 23.4 Å². The third-order valence-electron chi connectivity index (χ3n) is 1.96. The Hall–Kier alpha value is -1.20. The summed E-state index contributed by atoms with van der Waals surface area (Å²) in [5.74, 6) is -3.16. The topological polar surface area (TPSA) is 52.5 Å². The first kappa shape index (κ1) is 10.9. The lowest BCUT2D eigenvalue weighted by atomic mass is 10.1. The Labute approximate surface area is 80.0 Å². The van der Waals surface area contributed by atoms with Crippen molar-refractivity contribution in [2.24, 2.45) is 0 Å². The molecule has 0 unspecified atom stereocenters. The van der Waals surface area contributed by atoms with Gasteiger partial charge in [-0.05, 0) is 24.7 Å². The number of hydrogen-bond acceptors (Lipinski definition) is 3. The Morgan fingerprint density at radius 1 is 1.43 bits per heavy atom. The maximum absolute atomic E-state index is 12.8. The molecule has 0 heterocycles. The molecule has 78 valence electrons. The molecule has 1 aromatic carbocycles. The molecule has 14 heavy (non-hydrogen) atoms. The maximum atomic E-state index is 12.8. The average molecular weight is 203 g/mol. The highest BCUT2D eigenvalue weighted by Crippen LogP contribution is 2.24. The highest BCUT2D eigenvalue weighted by Gasteiger charge is 2.14. The standard InChI is InChI=1S/C9H11F2NO2/c1-12-7(4-13)5-2-6(10)9(11)8(14)3-5/h2-3,7,12-14H,4H2,1H3/t7-/m1/s1. The van der Waals surface area contributed by atoms with Crippen molar-refractivity contribution in [1.82, 2.24) is 5.32 Å². The lowest BCUT2D eigenvalue weighted by molar-refractivity contribution is 0.250. The molecule has 0 aliphatic heterocycles. The van der Waals surface area contributed by atoms with Crippen LogP contribution in [0.2, 0.25) is 0 Å². The number of aliphatic hydroxyl groups excluding tert-OH is 1. The summed E-state index contributed by atoms with van der Waals surface area (Å²) in [6.45, 7) is -0.263. The van der Waals surface area contributed by atoms with Gasteiger partial charge in [0.25, 0.3) is 0 Å². The van der Waals surface area contributed by atoms with Gasteiger partial charge in [-0.1, -0.05) is 0 Å².